The van der Waals surface area contributed by atoms with E-state index in [0.717, 1.165) is 20.1 Å². The molecule has 21 heavy (non-hydrogen) atoms. The molecular weight excluding hydrogens is 416 g/mol. The molecule has 0 fully saturated rings. The monoisotopic (exact) mass is 426 g/mol. The molecule has 0 heterocycles. The van der Waals surface area contributed by atoms with E-state index < -0.39 is 0 Å². The van der Waals surface area contributed by atoms with Crippen LogP contribution < -0.4 is 11.1 Å². The van der Waals surface area contributed by atoms with Crippen molar-refractivity contribution in [1.29, 1.82) is 0 Å². The van der Waals surface area contributed by atoms with Crippen LogP contribution in [0.1, 0.15) is 21.5 Å². The van der Waals surface area contributed by atoms with Crippen molar-refractivity contribution in [3.8, 4) is 0 Å². The van der Waals surface area contributed by atoms with Gasteiger partial charge in [-0.1, -0.05) is 28.1 Å². The summed E-state index contributed by atoms with van der Waals surface area (Å²) in [4.78, 5) is 12.6. The number of rotatable bonds is 3. The molecule has 3 nitrogen and oxygen atoms in total. The number of carbonyl (C=O) groups is 1. The summed E-state index contributed by atoms with van der Waals surface area (Å²) >= 11 is 11.7. The Morgan fingerprint density at radius 1 is 1.10 bits per heavy atom. The zero-order valence-electron chi connectivity index (χ0n) is 11.1. The van der Waals surface area contributed by atoms with Crippen molar-refractivity contribution in [2.75, 3.05) is 5.32 Å². The lowest BCUT2D eigenvalue weighted by Gasteiger charge is -2.10. The van der Waals surface area contributed by atoms with Crippen LogP contribution in [0.3, 0.4) is 0 Å². The van der Waals surface area contributed by atoms with Crippen LogP contribution in [0.4, 0.5) is 5.69 Å². The van der Waals surface area contributed by atoms with E-state index in [1.54, 1.807) is 24.3 Å². The lowest BCUT2D eigenvalue weighted by atomic mass is 10.1. The first kappa shape index (κ1) is 16.1. The van der Waals surface area contributed by atoms with Gasteiger partial charge in [-0.15, -0.1) is 0 Å². The minimum Gasteiger partial charge on any atom is -0.389 e. The number of anilines is 1. The average Bonchev–Trinajstić information content (AvgIpc) is 2.43. The van der Waals surface area contributed by atoms with Gasteiger partial charge < -0.3 is 11.1 Å². The fourth-order valence-corrected chi connectivity index (χ4v) is 2.60. The van der Waals surface area contributed by atoms with Crippen molar-refractivity contribution in [2.45, 2.75) is 6.92 Å². The normalized spacial score (nSPS) is 10.2. The highest BCUT2D eigenvalue weighted by Gasteiger charge is 2.10. The highest BCUT2D eigenvalue weighted by Crippen LogP contribution is 2.25. The van der Waals surface area contributed by atoms with Gasteiger partial charge in [0, 0.05) is 20.1 Å². The van der Waals surface area contributed by atoms with E-state index in [1.807, 2.05) is 19.1 Å². The lowest BCUT2D eigenvalue weighted by molar-refractivity contribution is 0.102. The molecule has 0 saturated heterocycles. The van der Waals surface area contributed by atoms with Gasteiger partial charge in [0.15, 0.2) is 0 Å². The first-order valence-electron chi connectivity index (χ1n) is 6.05. The molecule has 0 aliphatic rings. The third-order valence-corrected chi connectivity index (χ3v) is 4.70. The Bertz CT molecular complexity index is 732. The van der Waals surface area contributed by atoms with Crippen LogP contribution in [0, 0.1) is 6.92 Å². The molecule has 6 heteroatoms. The van der Waals surface area contributed by atoms with Crippen LogP contribution in [0.15, 0.2) is 45.3 Å². The standard InChI is InChI=1S/C15H12Br2N2OS/c1-8-6-10(2-4-11(8)16)15(20)19-13-5-3-9(14(18)21)7-12(13)17/h2-7H,1H3,(H2,18,21)(H,19,20). The number of nitrogens with two attached hydrogens (primary N) is 1. The number of benzene rings is 2. The minimum atomic E-state index is -0.172. The SMILES string of the molecule is Cc1cc(C(=O)Nc2ccc(C(N)=S)cc2Br)ccc1Br. The maximum atomic E-state index is 12.3. The summed E-state index contributed by atoms with van der Waals surface area (Å²) in [5.74, 6) is -0.172. The Balaban J connectivity index is 2.23. The fourth-order valence-electron chi connectivity index (χ4n) is 1.75. The Morgan fingerprint density at radius 3 is 2.33 bits per heavy atom. The van der Waals surface area contributed by atoms with E-state index in [0.29, 0.717) is 16.2 Å². The number of aryl methyl sites for hydroxylation is 1. The van der Waals surface area contributed by atoms with Gasteiger partial charge in [0.1, 0.15) is 4.99 Å². The second kappa shape index (κ2) is 6.68. The Morgan fingerprint density at radius 2 is 1.76 bits per heavy atom. The molecule has 0 radical (unpaired) electrons. The number of hydrogen-bond acceptors (Lipinski definition) is 2. The van der Waals surface area contributed by atoms with Gasteiger partial charge in [-0.2, -0.15) is 0 Å². The van der Waals surface area contributed by atoms with Gasteiger partial charge in [-0.05, 0) is 64.8 Å². The van der Waals surface area contributed by atoms with Gasteiger partial charge in [-0.3, -0.25) is 4.79 Å². The van der Waals surface area contributed by atoms with Gasteiger partial charge in [0.05, 0.1) is 5.69 Å². The summed E-state index contributed by atoms with van der Waals surface area (Å²) < 4.78 is 1.70. The molecule has 2 aromatic carbocycles. The molecule has 0 bridgehead atoms. The van der Waals surface area contributed by atoms with Crippen LogP contribution in [0.5, 0.6) is 0 Å². The highest BCUT2D eigenvalue weighted by atomic mass is 79.9. The number of halogens is 2. The molecule has 3 N–H and O–H groups in total. The second-order valence-corrected chi connectivity index (χ2v) is 6.63. The van der Waals surface area contributed by atoms with E-state index >= 15 is 0 Å². The molecule has 0 saturated carbocycles. The molecule has 0 aliphatic carbocycles. The molecule has 2 aromatic rings. The predicted molar refractivity (Wildman–Crippen MR) is 96.9 cm³/mol. The van der Waals surface area contributed by atoms with Crippen LogP contribution in [-0.2, 0) is 0 Å². The number of hydrogen-bond donors (Lipinski definition) is 2. The number of amides is 1. The van der Waals surface area contributed by atoms with Crippen molar-refractivity contribution in [3.63, 3.8) is 0 Å². The molecular formula is C15H12Br2N2OS. The van der Waals surface area contributed by atoms with Crippen LogP contribution in [0.2, 0.25) is 0 Å². The largest absolute Gasteiger partial charge is 0.389 e. The average molecular weight is 428 g/mol. The zero-order chi connectivity index (χ0) is 15.6. The maximum absolute atomic E-state index is 12.3. The number of thiocarbonyl (C=S) groups is 1. The molecule has 0 atom stereocenters. The molecule has 0 unspecified atom stereocenters. The Labute approximate surface area is 145 Å². The summed E-state index contributed by atoms with van der Waals surface area (Å²) in [6.45, 7) is 1.94. The Kier molecular flexibility index (Phi) is 5.13. The van der Waals surface area contributed by atoms with Crippen molar-refractivity contribution in [3.05, 3.63) is 62.0 Å². The third kappa shape index (κ3) is 3.90. The molecule has 1 amide bonds. The van der Waals surface area contributed by atoms with E-state index in [4.69, 9.17) is 18.0 Å². The first-order valence-corrected chi connectivity index (χ1v) is 8.05. The summed E-state index contributed by atoms with van der Waals surface area (Å²) in [6.07, 6.45) is 0. The summed E-state index contributed by atoms with van der Waals surface area (Å²) in [5, 5.41) is 2.85. The summed E-state index contributed by atoms with van der Waals surface area (Å²) in [7, 11) is 0. The smallest absolute Gasteiger partial charge is 0.255 e. The van der Waals surface area contributed by atoms with Crippen LogP contribution >= 0.6 is 44.1 Å². The van der Waals surface area contributed by atoms with Gasteiger partial charge in [-0.25, -0.2) is 0 Å². The minimum absolute atomic E-state index is 0.172. The topological polar surface area (TPSA) is 55.1 Å². The molecule has 0 aliphatic heterocycles. The van der Waals surface area contributed by atoms with Crippen molar-refractivity contribution < 1.29 is 4.79 Å². The molecule has 0 aromatic heterocycles. The summed E-state index contributed by atoms with van der Waals surface area (Å²) in [5.41, 5.74) is 8.59. The van der Waals surface area contributed by atoms with E-state index in [1.165, 1.54) is 0 Å². The molecule has 2 rings (SSSR count). The fraction of sp³-hybridized carbons (Fsp3) is 0.0667. The molecule has 108 valence electrons. The quantitative estimate of drug-likeness (QED) is 0.713. The summed E-state index contributed by atoms with van der Waals surface area (Å²) in [6, 6.07) is 10.8. The van der Waals surface area contributed by atoms with Crippen molar-refractivity contribution >= 4 is 60.7 Å². The van der Waals surface area contributed by atoms with Crippen molar-refractivity contribution in [1.82, 2.24) is 0 Å². The third-order valence-electron chi connectivity index (χ3n) is 2.92. The van der Waals surface area contributed by atoms with Gasteiger partial charge >= 0.3 is 0 Å². The molecule has 0 spiro atoms. The van der Waals surface area contributed by atoms with Gasteiger partial charge in [0.25, 0.3) is 5.91 Å². The van der Waals surface area contributed by atoms with Gasteiger partial charge in [0.2, 0.25) is 0 Å². The lowest BCUT2D eigenvalue weighted by Crippen LogP contribution is -2.13. The first-order chi connectivity index (χ1) is 9.88. The van der Waals surface area contributed by atoms with E-state index in [-0.39, 0.29) is 5.91 Å². The maximum Gasteiger partial charge on any atom is 0.255 e. The number of carbonyl (C=O) groups excluding carboxylic acids is 1. The zero-order valence-corrected chi connectivity index (χ0v) is 15.1. The predicted octanol–water partition coefficient (Wildman–Crippen LogP) is 4.41. The number of nitrogens with one attached hydrogen (secondary N) is 1. The van der Waals surface area contributed by atoms with E-state index in [9.17, 15) is 4.79 Å². The van der Waals surface area contributed by atoms with Crippen LogP contribution in [-0.4, -0.2) is 10.9 Å². The van der Waals surface area contributed by atoms with Crippen molar-refractivity contribution in [2.24, 2.45) is 5.73 Å². The Hall–Kier alpha value is -1.24. The second-order valence-electron chi connectivity index (χ2n) is 4.48. The van der Waals surface area contributed by atoms with Crippen LogP contribution in [0.25, 0.3) is 0 Å². The van der Waals surface area contributed by atoms with E-state index in [2.05, 4.69) is 37.2 Å². The highest BCUT2D eigenvalue weighted by molar-refractivity contribution is 9.10.